The van der Waals surface area contributed by atoms with Gasteiger partial charge in [-0.25, -0.2) is 4.57 Å². The van der Waals surface area contributed by atoms with Crippen LogP contribution in [0.15, 0.2) is 66.7 Å². The van der Waals surface area contributed by atoms with Crippen molar-refractivity contribution in [2.75, 3.05) is 14.2 Å². The molecule has 1 aliphatic heterocycles. The minimum atomic E-state index is -4.56. The summed E-state index contributed by atoms with van der Waals surface area (Å²) >= 11 is 0. The molecule has 6 nitrogen and oxygen atoms in total. The van der Waals surface area contributed by atoms with Gasteiger partial charge in [-0.05, 0) is 97.5 Å². The summed E-state index contributed by atoms with van der Waals surface area (Å²) in [5, 5.41) is 0. The zero-order valence-electron chi connectivity index (χ0n) is 25.1. The molecule has 4 aromatic rings. The number of phosphoric ester groups is 1. The quantitative estimate of drug-likeness (QED) is 0.239. The smallest absolute Gasteiger partial charge is 0.496 e. The van der Waals surface area contributed by atoms with Crippen molar-refractivity contribution in [3.63, 3.8) is 0 Å². The number of hydrogen-bond acceptors (Lipinski definition) is 5. The Labute approximate surface area is 253 Å². The van der Waals surface area contributed by atoms with Crippen LogP contribution in [-0.2, 0) is 28.4 Å². The largest absolute Gasteiger partial charge is 0.527 e. The summed E-state index contributed by atoms with van der Waals surface area (Å²) in [6, 6.07) is 22.5. The highest BCUT2D eigenvalue weighted by Gasteiger charge is 2.50. The van der Waals surface area contributed by atoms with E-state index in [1.165, 1.54) is 16.7 Å². The molecule has 1 N–H and O–H groups in total. The zero-order chi connectivity index (χ0) is 29.9. The van der Waals surface area contributed by atoms with Crippen LogP contribution < -0.4 is 14.0 Å². The van der Waals surface area contributed by atoms with Crippen molar-refractivity contribution in [3.05, 3.63) is 111 Å². The fourth-order valence-corrected chi connectivity index (χ4v) is 8.84. The van der Waals surface area contributed by atoms with Gasteiger partial charge >= 0.3 is 7.82 Å². The average Bonchev–Trinajstić information content (AvgIpc) is 3.13. The SMILES string of the molecule is COc1cccc(C)c1-c1cc2c(c3c1OP(=O)(O)O[C@@H]1C(c4c(C)cccc4OC)Cc4ccccc4[C@H]31)CCCC2. The number of aryl methyl sites for hydroxylation is 3. The third-order valence-corrected chi connectivity index (χ3v) is 10.5. The molecule has 0 spiro atoms. The molecular weight excluding hydrogens is 559 g/mol. The molecular formula is C36H37O6P. The summed E-state index contributed by atoms with van der Waals surface area (Å²) in [4.78, 5) is 11.5. The van der Waals surface area contributed by atoms with E-state index in [-0.39, 0.29) is 11.8 Å². The van der Waals surface area contributed by atoms with Gasteiger partial charge < -0.3 is 14.0 Å². The van der Waals surface area contributed by atoms with Crippen molar-refractivity contribution in [2.24, 2.45) is 0 Å². The lowest BCUT2D eigenvalue weighted by Crippen LogP contribution is -2.36. The number of methoxy groups -OCH3 is 2. The fraction of sp³-hybridized carbons (Fsp3) is 0.333. The minimum Gasteiger partial charge on any atom is -0.496 e. The van der Waals surface area contributed by atoms with E-state index in [4.69, 9.17) is 18.5 Å². The predicted molar refractivity (Wildman–Crippen MR) is 168 cm³/mol. The molecule has 43 heavy (non-hydrogen) atoms. The second-order valence-electron chi connectivity index (χ2n) is 12.0. The van der Waals surface area contributed by atoms with Crippen LogP contribution in [0.2, 0.25) is 0 Å². The van der Waals surface area contributed by atoms with Gasteiger partial charge in [0.1, 0.15) is 17.2 Å². The molecule has 3 aliphatic rings. The molecule has 0 bridgehead atoms. The van der Waals surface area contributed by atoms with E-state index in [0.717, 1.165) is 70.4 Å². The lowest BCUT2D eigenvalue weighted by molar-refractivity contribution is 0.106. The molecule has 0 radical (unpaired) electrons. The number of fused-ring (bicyclic) bond motifs is 7. The van der Waals surface area contributed by atoms with E-state index in [1.807, 2.05) is 37.3 Å². The topological polar surface area (TPSA) is 74.2 Å². The maximum atomic E-state index is 14.0. The van der Waals surface area contributed by atoms with Crippen molar-refractivity contribution >= 4 is 7.82 Å². The van der Waals surface area contributed by atoms with E-state index in [2.05, 4.69) is 43.3 Å². The summed E-state index contributed by atoms with van der Waals surface area (Å²) in [6.45, 7) is 4.10. The highest BCUT2D eigenvalue weighted by atomic mass is 31.2. The van der Waals surface area contributed by atoms with Crippen LogP contribution in [0.4, 0.5) is 0 Å². The molecule has 0 amide bonds. The van der Waals surface area contributed by atoms with Crippen molar-refractivity contribution < 1.29 is 28.0 Å². The number of phosphoric acid groups is 1. The monoisotopic (exact) mass is 596 g/mol. The van der Waals surface area contributed by atoms with Crippen LogP contribution in [0.5, 0.6) is 17.2 Å². The Morgan fingerprint density at radius 2 is 1.56 bits per heavy atom. The molecule has 0 aromatic heterocycles. The Bertz CT molecular complexity index is 1780. The first-order chi connectivity index (χ1) is 20.8. The Balaban J connectivity index is 1.58. The lowest BCUT2D eigenvalue weighted by atomic mass is 9.66. The first kappa shape index (κ1) is 28.2. The van der Waals surface area contributed by atoms with Crippen LogP contribution in [0.3, 0.4) is 0 Å². The van der Waals surface area contributed by atoms with Crippen molar-refractivity contribution in [3.8, 4) is 28.4 Å². The summed E-state index contributed by atoms with van der Waals surface area (Å²) in [7, 11) is -1.23. The molecule has 2 aliphatic carbocycles. The first-order valence-electron chi connectivity index (χ1n) is 15.1. The molecule has 7 heteroatoms. The number of rotatable bonds is 4. The molecule has 0 saturated heterocycles. The van der Waals surface area contributed by atoms with Crippen LogP contribution >= 0.6 is 7.82 Å². The van der Waals surface area contributed by atoms with Crippen molar-refractivity contribution in [2.45, 2.75) is 63.9 Å². The molecule has 0 fully saturated rings. The number of hydrogen-bond donors (Lipinski definition) is 1. The highest BCUT2D eigenvalue weighted by Crippen LogP contribution is 2.62. The van der Waals surface area contributed by atoms with Gasteiger partial charge in [0, 0.05) is 34.1 Å². The van der Waals surface area contributed by atoms with E-state index in [0.29, 0.717) is 17.9 Å². The Hall–Kier alpha value is -3.57. The van der Waals surface area contributed by atoms with E-state index < -0.39 is 13.9 Å². The Morgan fingerprint density at radius 1 is 0.837 bits per heavy atom. The molecule has 0 saturated carbocycles. The number of ether oxygens (including phenoxy) is 2. The summed E-state index contributed by atoms with van der Waals surface area (Å²) in [5.74, 6) is 1.33. The highest BCUT2D eigenvalue weighted by molar-refractivity contribution is 7.47. The van der Waals surface area contributed by atoms with E-state index in [9.17, 15) is 9.46 Å². The van der Waals surface area contributed by atoms with E-state index >= 15 is 0 Å². The predicted octanol–water partition coefficient (Wildman–Crippen LogP) is 8.22. The van der Waals surface area contributed by atoms with Gasteiger partial charge in [0.25, 0.3) is 0 Å². The summed E-state index contributed by atoms with van der Waals surface area (Å²) in [6.07, 6.45) is 3.97. The van der Waals surface area contributed by atoms with Gasteiger partial charge in [-0.3, -0.25) is 9.42 Å². The summed E-state index contributed by atoms with van der Waals surface area (Å²) in [5.41, 5.74) is 10.5. The maximum absolute atomic E-state index is 14.0. The Morgan fingerprint density at radius 3 is 2.35 bits per heavy atom. The standard InChI is InChI=1S/C36H37O6P/c1-21-11-9-17-29(39-3)31(21)27-19-23-13-5-7-15-25(23)33-34-26-16-8-6-14-24(26)20-28(32-22(2)12-10-18-30(32)40-4)36(34)42-43(37,38)41-35(27)33/h5,7,9-13,15,17-18,20,27,33,35H,6,8,14,16,19H2,1-4H3,(H,37,38)/t27?,33-,35-/m1/s1. The zero-order valence-corrected chi connectivity index (χ0v) is 25.9. The fourth-order valence-electron chi connectivity index (χ4n) is 7.79. The maximum Gasteiger partial charge on any atom is 0.527 e. The molecule has 2 unspecified atom stereocenters. The van der Waals surface area contributed by atoms with Crippen LogP contribution in [-0.4, -0.2) is 25.2 Å². The lowest BCUT2D eigenvalue weighted by Gasteiger charge is -2.40. The Kier molecular flexibility index (Phi) is 7.12. The van der Waals surface area contributed by atoms with Crippen molar-refractivity contribution in [1.29, 1.82) is 0 Å². The molecule has 1 heterocycles. The van der Waals surface area contributed by atoms with Crippen LogP contribution in [0.25, 0.3) is 11.1 Å². The third-order valence-electron chi connectivity index (χ3n) is 9.57. The molecule has 4 atom stereocenters. The molecule has 4 aromatic carbocycles. The van der Waals surface area contributed by atoms with Crippen LogP contribution in [0, 0.1) is 13.8 Å². The van der Waals surface area contributed by atoms with E-state index in [1.54, 1.807) is 14.2 Å². The number of benzene rings is 4. The van der Waals surface area contributed by atoms with Gasteiger partial charge in [0.15, 0.2) is 0 Å². The first-order valence-corrected chi connectivity index (χ1v) is 16.6. The van der Waals surface area contributed by atoms with Gasteiger partial charge in [-0.2, -0.15) is 0 Å². The normalized spacial score (nSPS) is 24.0. The van der Waals surface area contributed by atoms with Gasteiger partial charge in [0.05, 0.1) is 20.3 Å². The van der Waals surface area contributed by atoms with Gasteiger partial charge in [-0.15, -0.1) is 0 Å². The second kappa shape index (κ2) is 10.9. The third kappa shape index (κ3) is 4.68. The minimum absolute atomic E-state index is 0.234. The van der Waals surface area contributed by atoms with Crippen molar-refractivity contribution in [1.82, 2.24) is 0 Å². The summed E-state index contributed by atoms with van der Waals surface area (Å²) < 4.78 is 38.3. The van der Waals surface area contributed by atoms with Gasteiger partial charge in [0.2, 0.25) is 0 Å². The van der Waals surface area contributed by atoms with Crippen LogP contribution in [0.1, 0.15) is 69.2 Å². The molecule has 222 valence electrons. The molecule has 7 rings (SSSR count). The average molecular weight is 597 g/mol. The van der Waals surface area contributed by atoms with Gasteiger partial charge in [-0.1, -0.05) is 48.5 Å². The second-order valence-corrected chi connectivity index (χ2v) is 13.3.